The Kier molecular flexibility index (Phi) is 4.43. The quantitative estimate of drug-likeness (QED) is 0.869. The molecule has 2 aromatic rings. The Balaban J connectivity index is 1.75. The molecule has 2 N–H and O–H groups in total. The number of fused-ring (bicyclic) bond motifs is 1. The maximum atomic E-state index is 12.3. The summed E-state index contributed by atoms with van der Waals surface area (Å²) in [6, 6.07) is 16.2. The number of amides is 2. The molecule has 132 valence electrons. The van der Waals surface area contributed by atoms with Crippen molar-refractivity contribution in [2.75, 3.05) is 13.1 Å². The molecule has 4 nitrogen and oxygen atoms in total. The molecule has 0 radical (unpaired) electrons. The molecule has 2 amide bonds. The summed E-state index contributed by atoms with van der Waals surface area (Å²) in [5.74, 6) is 0.137. The van der Waals surface area contributed by atoms with Crippen LogP contribution in [-0.4, -0.2) is 24.8 Å². The van der Waals surface area contributed by atoms with Crippen LogP contribution in [0.1, 0.15) is 28.3 Å². The van der Waals surface area contributed by atoms with Gasteiger partial charge >= 0.3 is 6.03 Å². The maximum Gasteiger partial charge on any atom is 0.341 e. The van der Waals surface area contributed by atoms with Gasteiger partial charge in [-0.2, -0.15) is 4.99 Å². The summed E-state index contributed by atoms with van der Waals surface area (Å²) < 4.78 is 0. The number of benzene rings is 2. The minimum atomic E-state index is -0.248. The predicted molar refractivity (Wildman–Crippen MR) is 105 cm³/mol. The van der Waals surface area contributed by atoms with Crippen LogP contribution in [-0.2, 0) is 0 Å². The zero-order valence-corrected chi connectivity index (χ0v) is 15.1. The molecule has 4 rings (SSSR count). The van der Waals surface area contributed by atoms with Crippen molar-refractivity contribution in [3.63, 3.8) is 0 Å². The van der Waals surface area contributed by atoms with Crippen LogP contribution >= 0.6 is 0 Å². The van der Waals surface area contributed by atoms with Crippen LogP contribution in [0.4, 0.5) is 4.79 Å². The van der Waals surface area contributed by atoms with E-state index in [2.05, 4.69) is 59.8 Å². The molecule has 26 heavy (non-hydrogen) atoms. The van der Waals surface area contributed by atoms with E-state index in [1.54, 1.807) is 0 Å². The van der Waals surface area contributed by atoms with E-state index in [0.717, 1.165) is 29.9 Å². The molecule has 2 aromatic carbocycles. The fraction of sp³-hybridized carbons (Fsp3) is 0.273. The number of nitrogens with zero attached hydrogens (tertiary/aromatic N) is 1. The summed E-state index contributed by atoms with van der Waals surface area (Å²) in [6.45, 7) is 5.74. The van der Waals surface area contributed by atoms with E-state index < -0.39 is 0 Å². The van der Waals surface area contributed by atoms with Crippen LogP contribution in [0.2, 0.25) is 0 Å². The summed E-state index contributed by atoms with van der Waals surface area (Å²) in [4.78, 5) is 16.7. The predicted octanol–water partition coefficient (Wildman–Crippen LogP) is 3.81. The zero-order chi connectivity index (χ0) is 18.1. The molecule has 0 aliphatic carbocycles. The number of urea groups is 1. The first-order chi connectivity index (χ1) is 12.6. The summed E-state index contributed by atoms with van der Waals surface area (Å²) in [6.07, 6.45) is 2.17. The van der Waals surface area contributed by atoms with E-state index in [9.17, 15) is 4.79 Å². The smallest absolute Gasteiger partial charge is 0.329 e. The molecule has 2 heterocycles. The molecule has 4 heteroatoms. The van der Waals surface area contributed by atoms with Crippen LogP contribution in [0.25, 0.3) is 6.08 Å². The molecular formula is C22H23N3O. The molecular weight excluding hydrogens is 322 g/mol. The van der Waals surface area contributed by atoms with E-state index >= 15 is 0 Å². The average Bonchev–Trinajstić information content (AvgIpc) is 2.64. The van der Waals surface area contributed by atoms with Crippen LogP contribution in [0.15, 0.2) is 59.1 Å². The van der Waals surface area contributed by atoms with Crippen LogP contribution in [0.5, 0.6) is 0 Å². The number of rotatable bonds is 2. The van der Waals surface area contributed by atoms with Gasteiger partial charge in [0, 0.05) is 19.0 Å². The molecule has 0 bridgehead atoms. The lowest BCUT2D eigenvalue weighted by molar-refractivity contribution is 0.239. The van der Waals surface area contributed by atoms with Crippen molar-refractivity contribution in [3.05, 3.63) is 76.4 Å². The molecule has 2 aliphatic heterocycles. The van der Waals surface area contributed by atoms with Crippen molar-refractivity contribution in [1.29, 1.82) is 0 Å². The second kappa shape index (κ2) is 6.89. The summed E-state index contributed by atoms with van der Waals surface area (Å²) in [7, 11) is 0. The van der Waals surface area contributed by atoms with Crippen LogP contribution < -0.4 is 10.6 Å². The van der Waals surface area contributed by atoms with Gasteiger partial charge in [-0.25, -0.2) is 4.79 Å². The van der Waals surface area contributed by atoms with Crippen molar-refractivity contribution < 1.29 is 4.79 Å². The Bertz CT molecular complexity index is 913. The third-order valence-electron chi connectivity index (χ3n) is 5.30. The van der Waals surface area contributed by atoms with Crippen molar-refractivity contribution in [2.24, 2.45) is 10.9 Å². The monoisotopic (exact) mass is 345 g/mol. The highest BCUT2D eigenvalue weighted by atomic mass is 16.2. The summed E-state index contributed by atoms with van der Waals surface area (Å²) in [5.41, 5.74) is 6.77. The molecule has 2 unspecified atom stereocenters. The molecule has 0 aromatic heterocycles. The third kappa shape index (κ3) is 3.08. The van der Waals surface area contributed by atoms with Gasteiger partial charge in [0.2, 0.25) is 0 Å². The maximum absolute atomic E-state index is 12.3. The summed E-state index contributed by atoms with van der Waals surface area (Å²) in [5, 5.41) is 6.58. The van der Waals surface area contributed by atoms with E-state index in [-0.39, 0.29) is 18.0 Å². The van der Waals surface area contributed by atoms with Gasteiger partial charge in [-0.15, -0.1) is 0 Å². The Morgan fingerprint density at radius 3 is 2.54 bits per heavy atom. The first kappa shape index (κ1) is 16.7. The Morgan fingerprint density at radius 2 is 1.77 bits per heavy atom. The van der Waals surface area contributed by atoms with Crippen LogP contribution in [0.3, 0.4) is 0 Å². The van der Waals surface area contributed by atoms with Gasteiger partial charge < -0.3 is 10.6 Å². The highest BCUT2D eigenvalue weighted by molar-refractivity contribution is 6.12. The van der Waals surface area contributed by atoms with Crippen molar-refractivity contribution in [3.8, 4) is 0 Å². The topological polar surface area (TPSA) is 53.5 Å². The van der Waals surface area contributed by atoms with Gasteiger partial charge in [0.1, 0.15) is 0 Å². The van der Waals surface area contributed by atoms with Gasteiger partial charge in [-0.3, -0.25) is 0 Å². The van der Waals surface area contributed by atoms with Gasteiger partial charge in [0.15, 0.2) is 0 Å². The summed E-state index contributed by atoms with van der Waals surface area (Å²) >= 11 is 0. The second-order valence-corrected chi connectivity index (χ2v) is 7.04. The molecule has 2 aliphatic rings. The van der Waals surface area contributed by atoms with Gasteiger partial charge in [0.05, 0.1) is 11.8 Å². The molecule has 1 fully saturated rings. The highest BCUT2D eigenvalue weighted by Gasteiger charge is 2.37. The third-order valence-corrected chi connectivity index (χ3v) is 5.30. The number of piperidine rings is 1. The number of carbonyl (C=O) groups is 1. The van der Waals surface area contributed by atoms with Crippen LogP contribution in [0, 0.1) is 19.8 Å². The minimum absolute atomic E-state index is 0.0516. The van der Waals surface area contributed by atoms with Gasteiger partial charge in [-0.1, -0.05) is 48.5 Å². The lowest BCUT2D eigenvalue weighted by Crippen LogP contribution is -2.50. The van der Waals surface area contributed by atoms with Crippen molar-refractivity contribution in [1.82, 2.24) is 10.6 Å². The Hall–Kier alpha value is -2.72. The number of hydrogen-bond acceptors (Lipinski definition) is 2. The average molecular weight is 345 g/mol. The number of nitrogens with one attached hydrogen (secondary N) is 2. The molecule has 1 saturated heterocycles. The fourth-order valence-corrected chi connectivity index (χ4v) is 3.89. The standard InChI is InChI=1S/C22H23N3O/c1-14-7-3-5-9-16(14)11-17-12-23-13-19-20(17)24-22(26)25-21(19)18-10-6-4-8-15(18)2/h3-11,19,21,23H,12-13H2,1-2H3,(H,25,26)/b17-11+. The number of aryl methyl sites for hydroxylation is 2. The minimum Gasteiger partial charge on any atom is -0.329 e. The lowest BCUT2D eigenvalue weighted by atomic mass is 9.80. The van der Waals surface area contributed by atoms with E-state index in [4.69, 9.17) is 0 Å². The molecule has 2 atom stereocenters. The zero-order valence-electron chi connectivity index (χ0n) is 15.1. The first-order valence-electron chi connectivity index (χ1n) is 9.05. The molecule has 0 spiro atoms. The largest absolute Gasteiger partial charge is 0.341 e. The second-order valence-electron chi connectivity index (χ2n) is 7.04. The number of hydrogen-bond donors (Lipinski definition) is 2. The lowest BCUT2D eigenvalue weighted by Gasteiger charge is -2.37. The normalized spacial score (nSPS) is 24.0. The number of aliphatic imine (C=N–C) groups is 1. The van der Waals surface area contributed by atoms with E-state index in [0.29, 0.717) is 0 Å². The van der Waals surface area contributed by atoms with Gasteiger partial charge in [-0.05, 0) is 47.8 Å². The number of carbonyl (C=O) groups excluding carboxylic acids is 1. The van der Waals surface area contributed by atoms with E-state index in [1.165, 1.54) is 16.7 Å². The fourth-order valence-electron chi connectivity index (χ4n) is 3.89. The van der Waals surface area contributed by atoms with Gasteiger partial charge in [0.25, 0.3) is 0 Å². The van der Waals surface area contributed by atoms with Crippen molar-refractivity contribution >= 4 is 17.8 Å². The first-order valence-corrected chi connectivity index (χ1v) is 9.05. The van der Waals surface area contributed by atoms with Crippen molar-refractivity contribution in [2.45, 2.75) is 19.9 Å². The highest BCUT2D eigenvalue weighted by Crippen LogP contribution is 2.33. The Labute approximate surface area is 154 Å². The molecule has 0 saturated carbocycles. The SMILES string of the molecule is Cc1ccccc1/C=C1\CNCC2C1=NC(=O)NC2c1ccccc1C. The Morgan fingerprint density at radius 1 is 1.04 bits per heavy atom. The van der Waals surface area contributed by atoms with E-state index in [1.807, 2.05) is 24.3 Å².